The van der Waals surface area contributed by atoms with E-state index in [1.165, 1.54) is 24.8 Å². The number of sulfonamides is 1. The van der Waals surface area contributed by atoms with E-state index < -0.39 is 15.9 Å². The van der Waals surface area contributed by atoms with Crippen LogP contribution in [0.15, 0.2) is 42.6 Å². The van der Waals surface area contributed by atoms with E-state index in [-0.39, 0.29) is 17.7 Å². The number of nitrogens with one attached hydrogen (secondary N) is 2. The molecule has 8 heteroatoms. The predicted octanol–water partition coefficient (Wildman–Crippen LogP) is 4.67. The van der Waals surface area contributed by atoms with Gasteiger partial charge in [-0.05, 0) is 85.9 Å². The molecular formula is C28H36N4O3S. The Morgan fingerprint density at radius 1 is 1.14 bits per heavy atom. The number of hydrogen-bond donors (Lipinski definition) is 3. The Bertz CT molecular complexity index is 1370. The molecule has 2 heterocycles. The second-order valence-corrected chi connectivity index (χ2v) is 12.5. The second-order valence-electron chi connectivity index (χ2n) is 10.3. The van der Waals surface area contributed by atoms with Crippen molar-refractivity contribution >= 4 is 26.8 Å². The first-order valence-corrected chi connectivity index (χ1v) is 14.7. The Morgan fingerprint density at radius 3 is 2.53 bits per heavy atom. The third kappa shape index (κ3) is 4.82. The molecule has 7 nitrogen and oxygen atoms in total. The van der Waals surface area contributed by atoms with E-state index in [2.05, 4.69) is 47.6 Å². The van der Waals surface area contributed by atoms with Gasteiger partial charge in [0.1, 0.15) is 0 Å². The second kappa shape index (κ2) is 10.00. The van der Waals surface area contributed by atoms with Crippen LogP contribution in [0.3, 0.4) is 0 Å². The van der Waals surface area contributed by atoms with Gasteiger partial charge in [0, 0.05) is 36.8 Å². The van der Waals surface area contributed by atoms with Crippen molar-refractivity contribution in [3.8, 4) is 11.1 Å². The highest BCUT2D eigenvalue weighted by Gasteiger charge is 2.29. The van der Waals surface area contributed by atoms with Crippen molar-refractivity contribution in [3.63, 3.8) is 0 Å². The summed E-state index contributed by atoms with van der Waals surface area (Å²) in [5.41, 5.74) is 11.4. The van der Waals surface area contributed by atoms with Gasteiger partial charge in [0.15, 0.2) is 0 Å². The molecule has 1 atom stereocenters. The summed E-state index contributed by atoms with van der Waals surface area (Å²) in [5, 5.41) is 4.70. The minimum absolute atomic E-state index is 0.129. The van der Waals surface area contributed by atoms with Crippen molar-refractivity contribution in [3.05, 3.63) is 59.3 Å². The van der Waals surface area contributed by atoms with Crippen LogP contribution in [0.5, 0.6) is 0 Å². The molecule has 0 radical (unpaired) electrons. The van der Waals surface area contributed by atoms with Gasteiger partial charge in [0.05, 0.1) is 16.8 Å². The largest absolute Gasteiger partial charge is 0.366 e. The summed E-state index contributed by atoms with van der Waals surface area (Å²) in [6.07, 6.45) is 7.25. The van der Waals surface area contributed by atoms with Gasteiger partial charge in [-0.1, -0.05) is 24.6 Å². The van der Waals surface area contributed by atoms with Crippen molar-refractivity contribution in [1.29, 1.82) is 0 Å². The number of rotatable bonds is 8. The molecule has 1 saturated heterocycles. The fraction of sp³-hybridized carbons (Fsp3) is 0.464. The standard InChI is InChI=1S/C28H36N4O3S/c1-3-36(34,35)32-12-10-19(11-13-32)26-17-30-27-24(26)15-22(16-25(27)28(29)33)21-7-4-6-20(14-21)18(2)31-23-8-5-9-23/h4,6-7,14-19,23,30-31H,3,5,8-13H2,1-2H3,(H2,29,33). The molecule has 2 aliphatic rings. The van der Waals surface area contributed by atoms with Gasteiger partial charge in [-0.3, -0.25) is 4.79 Å². The molecule has 3 aromatic rings. The zero-order valence-electron chi connectivity index (χ0n) is 21.1. The fourth-order valence-electron chi connectivity index (χ4n) is 5.59. The predicted molar refractivity (Wildman–Crippen MR) is 144 cm³/mol. The summed E-state index contributed by atoms with van der Waals surface area (Å²) in [6, 6.07) is 13.4. The van der Waals surface area contributed by atoms with Crippen LogP contribution in [-0.2, 0) is 10.0 Å². The number of H-pyrrole nitrogens is 1. The average Bonchev–Trinajstić information content (AvgIpc) is 3.29. The molecular weight excluding hydrogens is 472 g/mol. The Labute approximate surface area is 213 Å². The van der Waals surface area contributed by atoms with Crippen LogP contribution in [0.2, 0.25) is 0 Å². The molecule has 1 saturated carbocycles. The van der Waals surface area contributed by atoms with Gasteiger partial charge < -0.3 is 16.0 Å². The Morgan fingerprint density at radius 2 is 1.89 bits per heavy atom. The van der Waals surface area contributed by atoms with Crippen LogP contribution in [0, 0.1) is 0 Å². The number of nitrogens with two attached hydrogens (primary N) is 1. The molecule has 36 heavy (non-hydrogen) atoms. The smallest absolute Gasteiger partial charge is 0.250 e. The van der Waals surface area contributed by atoms with E-state index in [0.29, 0.717) is 24.7 Å². The number of aromatic amines is 1. The van der Waals surface area contributed by atoms with Gasteiger partial charge in [-0.2, -0.15) is 0 Å². The number of amides is 1. The number of aromatic nitrogens is 1. The molecule has 1 unspecified atom stereocenters. The highest BCUT2D eigenvalue weighted by molar-refractivity contribution is 7.89. The van der Waals surface area contributed by atoms with E-state index >= 15 is 0 Å². The number of hydrogen-bond acceptors (Lipinski definition) is 4. The molecule has 4 N–H and O–H groups in total. The number of fused-ring (bicyclic) bond motifs is 1. The topological polar surface area (TPSA) is 108 Å². The number of carbonyl (C=O) groups excluding carboxylic acids is 1. The van der Waals surface area contributed by atoms with Crippen LogP contribution in [0.25, 0.3) is 22.0 Å². The summed E-state index contributed by atoms with van der Waals surface area (Å²) in [7, 11) is -3.17. The molecule has 0 spiro atoms. The molecule has 1 aromatic heterocycles. The summed E-state index contributed by atoms with van der Waals surface area (Å²) < 4.78 is 26.2. The maximum absolute atomic E-state index is 12.4. The van der Waals surface area contributed by atoms with Crippen molar-refractivity contribution < 1.29 is 13.2 Å². The lowest BCUT2D eigenvalue weighted by molar-refractivity contribution is 0.100. The first kappa shape index (κ1) is 25.0. The van der Waals surface area contributed by atoms with Crippen LogP contribution < -0.4 is 11.1 Å². The number of nitrogens with zero attached hydrogens (tertiary/aromatic N) is 1. The monoisotopic (exact) mass is 508 g/mol. The average molecular weight is 509 g/mol. The van der Waals surface area contributed by atoms with Crippen molar-refractivity contribution in [2.24, 2.45) is 5.73 Å². The van der Waals surface area contributed by atoms with Gasteiger partial charge in [-0.25, -0.2) is 12.7 Å². The number of primary amides is 1. The van der Waals surface area contributed by atoms with Crippen LogP contribution >= 0.6 is 0 Å². The maximum Gasteiger partial charge on any atom is 0.250 e. The van der Waals surface area contributed by atoms with Crippen molar-refractivity contribution in [2.45, 2.75) is 64.0 Å². The summed E-state index contributed by atoms with van der Waals surface area (Å²) >= 11 is 0. The first-order valence-electron chi connectivity index (χ1n) is 13.1. The first-order chi connectivity index (χ1) is 17.3. The van der Waals surface area contributed by atoms with E-state index in [4.69, 9.17) is 5.73 Å². The number of piperidine rings is 1. The molecule has 1 aliphatic carbocycles. The zero-order chi connectivity index (χ0) is 25.4. The molecule has 5 rings (SSSR count). The summed E-state index contributed by atoms with van der Waals surface area (Å²) in [6.45, 7) is 4.92. The van der Waals surface area contributed by atoms with Gasteiger partial charge in [0.2, 0.25) is 10.0 Å². The lowest BCUT2D eigenvalue weighted by Crippen LogP contribution is -2.38. The van der Waals surface area contributed by atoms with E-state index in [9.17, 15) is 13.2 Å². The van der Waals surface area contributed by atoms with Crippen molar-refractivity contribution in [2.75, 3.05) is 18.8 Å². The highest BCUT2D eigenvalue weighted by Crippen LogP contribution is 2.37. The van der Waals surface area contributed by atoms with Crippen molar-refractivity contribution in [1.82, 2.24) is 14.6 Å². The van der Waals surface area contributed by atoms with Crippen LogP contribution in [0.4, 0.5) is 0 Å². The minimum Gasteiger partial charge on any atom is -0.366 e. The Balaban J connectivity index is 1.47. The van der Waals surface area contributed by atoms with Gasteiger partial charge in [0.25, 0.3) is 5.91 Å². The lowest BCUT2D eigenvalue weighted by Gasteiger charge is -2.31. The van der Waals surface area contributed by atoms with Gasteiger partial charge in [-0.15, -0.1) is 0 Å². The zero-order valence-corrected chi connectivity index (χ0v) is 21.9. The Hall–Kier alpha value is -2.68. The number of carbonyl (C=O) groups is 1. The highest BCUT2D eigenvalue weighted by atomic mass is 32.2. The molecule has 192 valence electrons. The third-order valence-electron chi connectivity index (χ3n) is 8.05. The van der Waals surface area contributed by atoms with Gasteiger partial charge >= 0.3 is 0 Å². The minimum atomic E-state index is -3.17. The maximum atomic E-state index is 12.4. The van der Waals surface area contributed by atoms with E-state index in [0.717, 1.165) is 40.4 Å². The fourth-order valence-corrected chi connectivity index (χ4v) is 6.72. The van der Waals surface area contributed by atoms with E-state index in [1.807, 2.05) is 12.3 Å². The number of benzene rings is 2. The molecule has 2 aromatic carbocycles. The van der Waals surface area contributed by atoms with E-state index in [1.54, 1.807) is 11.2 Å². The Kier molecular flexibility index (Phi) is 6.94. The summed E-state index contributed by atoms with van der Waals surface area (Å²) in [4.78, 5) is 15.7. The summed E-state index contributed by atoms with van der Waals surface area (Å²) in [5.74, 6) is -0.115. The normalized spacial score (nSPS) is 18.8. The SMILES string of the molecule is CCS(=O)(=O)N1CCC(c2c[nH]c3c(C(N)=O)cc(-c4cccc(C(C)NC5CCC5)c4)cc23)CC1. The molecule has 2 fully saturated rings. The molecule has 0 bridgehead atoms. The van der Waals surface area contributed by atoms with Crippen LogP contribution in [-0.4, -0.2) is 48.5 Å². The molecule has 1 aliphatic heterocycles. The van der Waals surface area contributed by atoms with Crippen LogP contribution in [0.1, 0.15) is 79.4 Å². The molecule has 1 amide bonds. The third-order valence-corrected chi connectivity index (χ3v) is 9.93. The quantitative estimate of drug-likeness (QED) is 0.411. The lowest BCUT2D eigenvalue weighted by atomic mass is 9.88.